The molecule has 0 bridgehead atoms. The predicted molar refractivity (Wildman–Crippen MR) is 54.9 cm³/mol. The van der Waals surface area contributed by atoms with Crippen LogP contribution in [0.25, 0.3) is 0 Å². The summed E-state index contributed by atoms with van der Waals surface area (Å²) in [7, 11) is 0. The van der Waals surface area contributed by atoms with Crippen molar-refractivity contribution in [3.63, 3.8) is 0 Å². The Labute approximate surface area is 82.8 Å². The van der Waals surface area contributed by atoms with Crippen LogP contribution in [0.5, 0.6) is 0 Å². The van der Waals surface area contributed by atoms with Crippen LogP contribution in [0.15, 0.2) is 35.4 Å². The Hall–Kier alpha value is -1.64. The van der Waals surface area contributed by atoms with Gasteiger partial charge in [0, 0.05) is 12.3 Å². The molecule has 1 N–H and O–H groups in total. The number of hydrogen-bond acceptors (Lipinski definition) is 2. The largest absolute Gasteiger partial charge is 0.273 e. The van der Waals surface area contributed by atoms with E-state index in [4.69, 9.17) is 0 Å². The zero-order valence-electron chi connectivity index (χ0n) is 8.03. The van der Waals surface area contributed by atoms with Crippen molar-refractivity contribution in [2.45, 2.75) is 13.3 Å². The molecule has 1 aromatic rings. The molecule has 14 heavy (non-hydrogen) atoms. The molecular weight excluding hydrogens is 176 g/mol. The van der Waals surface area contributed by atoms with Gasteiger partial charge in [-0.05, 0) is 5.56 Å². The molecule has 1 aliphatic rings. The first-order chi connectivity index (χ1) is 6.77. The normalized spacial score (nSPS) is 21.4. The molecule has 0 fully saturated rings. The summed E-state index contributed by atoms with van der Waals surface area (Å²) >= 11 is 0. The topological polar surface area (TPSA) is 41.5 Å². The average molecular weight is 188 g/mol. The highest BCUT2D eigenvalue weighted by molar-refractivity contribution is 6.05. The third-order valence-corrected chi connectivity index (χ3v) is 2.33. The van der Waals surface area contributed by atoms with Crippen LogP contribution in [0, 0.1) is 5.92 Å². The fraction of sp³-hybridized carbons (Fsp3) is 0.273. The lowest BCUT2D eigenvalue weighted by Gasteiger charge is -2.18. The summed E-state index contributed by atoms with van der Waals surface area (Å²) in [4.78, 5) is 11.0. The maximum atomic E-state index is 11.0. The second-order valence-electron chi connectivity index (χ2n) is 3.50. The smallest absolute Gasteiger partial charge is 0.240 e. The van der Waals surface area contributed by atoms with Gasteiger partial charge in [0.25, 0.3) is 0 Å². The van der Waals surface area contributed by atoms with Crippen LogP contribution in [0.4, 0.5) is 0 Å². The van der Waals surface area contributed by atoms with E-state index >= 15 is 0 Å². The Morgan fingerprint density at radius 1 is 1.36 bits per heavy atom. The number of amides is 1. The van der Waals surface area contributed by atoms with E-state index in [2.05, 4.69) is 10.5 Å². The predicted octanol–water partition coefficient (Wildman–Crippen LogP) is 1.55. The van der Waals surface area contributed by atoms with E-state index < -0.39 is 0 Å². The molecule has 0 aliphatic carbocycles. The lowest BCUT2D eigenvalue weighted by atomic mass is 9.94. The Kier molecular flexibility index (Phi) is 2.31. The standard InChI is InChI=1S/C11H12N2O/c1-8-7-10(14)12-13-11(8)9-5-3-2-4-6-9/h2-6,8H,7H2,1H3,(H,12,14). The molecule has 0 aromatic heterocycles. The highest BCUT2D eigenvalue weighted by atomic mass is 16.2. The molecule has 1 aromatic carbocycles. The maximum absolute atomic E-state index is 11.0. The molecule has 0 radical (unpaired) electrons. The van der Waals surface area contributed by atoms with Crippen molar-refractivity contribution in [1.29, 1.82) is 0 Å². The van der Waals surface area contributed by atoms with Crippen LogP contribution in [-0.2, 0) is 4.79 Å². The SMILES string of the molecule is CC1CC(=O)NN=C1c1ccccc1. The van der Waals surface area contributed by atoms with Crippen LogP contribution < -0.4 is 5.43 Å². The zero-order chi connectivity index (χ0) is 9.97. The fourth-order valence-corrected chi connectivity index (χ4v) is 1.61. The van der Waals surface area contributed by atoms with E-state index in [0.717, 1.165) is 11.3 Å². The molecule has 0 spiro atoms. The highest BCUT2D eigenvalue weighted by Crippen LogP contribution is 2.15. The molecule has 0 saturated carbocycles. The van der Waals surface area contributed by atoms with Crippen LogP contribution in [0.3, 0.4) is 0 Å². The van der Waals surface area contributed by atoms with Crippen molar-refractivity contribution >= 4 is 11.6 Å². The Morgan fingerprint density at radius 3 is 2.71 bits per heavy atom. The number of hydrogen-bond donors (Lipinski definition) is 1. The van der Waals surface area contributed by atoms with Gasteiger partial charge in [0.15, 0.2) is 0 Å². The van der Waals surface area contributed by atoms with Crippen molar-refractivity contribution in [3.8, 4) is 0 Å². The summed E-state index contributed by atoms with van der Waals surface area (Å²) in [5.74, 6) is 0.198. The molecular formula is C11H12N2O. The van der Waals surface area contributed by atoms with E-state index in [1.807, 2.05) is 37.3 Å². The Balaban J connectivity index is 2.31. The van der Waals surface area contributed by atoms with Crippen molar-refractivity contribution in [3.05, 3.63) is 35.9 Å². The molecule has 72 valence electrons. The van der Waals surface area contributed by atoms with E-state index in [9.17, 15) is 4.79 Å². The molecule has 0 saturated heterocycles. The van der Waals surface area contributed by atoms with Gasteiger partial charge in [-0.25, -0.2) is 5.43 Å². The summed E-state index contributed by atoms with van der Waals surface area (Å²) in [5.41, 5.74) is 4.56. The maximum Gasteiger partial charge on any atom is 0.240 e. The van der Waals surface area contributed by atoms with Crippen molar-refractivity contribution in [2.24, 2.45) is 11.0 Å². The minimum Gasteiger partial charge on any atom is -0.273 e. The third kappa shape index (κ3) is 1.66. The average Bonchev–Trinajstić information content (AvgIpc) is 2.19. The Morgan fingerprint density at radius 2 is 2.07 bits per heavy atom. The molecule has 1 aliphatic heterocycles. The Bertz CT molecular complexity index is 370. The zero-order valence-corrected chi connectivity index (χ0v) is 8.03. The minimum atomic E-state index is -0.00261. The highest BCUT2D eigenvalue weighted by Gasteiger charge is 2.20. The van der Waals surface area contributed by atoms with E-state index in [-0.39, 0.29) is 11.8 Å². The fourth-order valence-electron chi connectivity index (χ4n) is 1.61. The molecule has 3 nitrogen and oxygen atoms in total. The number of benzene rings is 1. The first-order valence-corrected chi connectivity index (χ1v) is 4.69. The summed E-state index contributed by atoms with van der Waals surface area (Å²) < 4.78 is 0. The molecule has 1 unspecified atom stereocenters. The number of carbonyl (C=O) groups is 1. The first-order valence-electron chi connectivity index (χ1n) is 4.69. The van der Waals surface area contributed by atoms with E-state index in [1.54, 1.807) is 0 Å². The number of nitrogens with zero attached hydrogens (tertiary/aromatic N) is 1. The number of carbonyl (C=O) groups excluding carboxylic acids is 1. The third-order valence-electron chi connectivity index (χ3n) is 2.33. The second kappa shape index (κ2) is 3.62. The number of nitrogens with one attached hydrogen (secondary N) is 1. The van der Waals surface area contributed by atoms with Gasteiger partial charge in [-0.3, -0.25) is 4.79 Å². The molecule has 3 heteroatoms. The van der Waals surface area contributed by atoms with Gasteiger partial charge in [-0.15, -0.1) is 0 Å². The molecule has 1 amide bonds. The van der Waals surface area contributed by atoms with Gasteiger partial charge in [0.1, 0.15) is 0 Å². The van der Waals surface area contributed by atoms with E-state index in [1.165, 1.54) is 0 Å². The number of rotatable bonds is 1. The quantitative estimate of drug-likeness (QED) is 0.713. The van der Waals surface area contributed by atoms with Crippen LogP contribution in [-0.4, -0.2) is 11.6 Å². The monoisotopic (exact) mass is 188 g/mol. The summed E-state index contributed by atoms with van der Waals surface area (Å²) in [5, 5.41) is 4.08. The lowest BCUT2D eigenvalue weighted by Crippen LogP contribution is -2.31. The minimum absolute atomic E-state index is 0.00261. The lowest BCUT2D eigenvalue weighted by molar-refractivity contribution is -0.121. The van der Waals surface area contributed by atoms with Crippen molar-refractivity contribution in [2.75, 3.05) is 0 Å². The first kappa shape index (κ1) is 8.94. The molecule has 1 atom stereocenters. The van der Waals surface area contributed by atoms with Gasteiger partial charge in [0.2, 0.25) is 5.91 Å². The second-order valence-corrected chi connectivity index (χ2v) is 3.50. The number of hydrazone groups is 1. The van der Waals surface area contributed by atoms with Crippen molar-refractivity contribution in [1.82, 2.24) is 5.43 Å². The van der Waals surface area contributed by atoms with Crippen LogP contribution in [0.1, 0.15) is 18.9 Å². The van der Waals surface area contributed by atoms with Gasteiger partial charge < -0.3 is 0 Å². The van der Waals surface area contributed by atoms with E-state index in [0.29, 0.717) is 6.42 Å². The van der Waals surface area contributed by atoms with Gasteiger partial charge in [-0.1, -0.05) is 37.3 Å². The molecule has 2 rings (SSSR count). The molecule has 1 heterocycles. The summed E-state index contributed by atoms with van der Waals surface area (Å²) in [6.45, 7) is 2.02. The van der Waals surface area contributed by atoms with Gasteiger partial charge in [-0.2, -0.15) is 5.10 Å². The summed E-state index contributed by atoms with van der Waals surface area (Å²) in [6, 6.07) is 9.93. The van der Waals surface area contributed by atoms with Gasteiger partial charge >= 0.3 is 0 Å². The van der Waals surface area contributed by atoms with Crippen LogP contribution >= 0.6 is 0 Å². The van der Waals surface area contributed by atoms with Crippen molar-refractivity contribution < 1.29 is 4.79 Å². The van der Waals surface area contributed by atoms with Crippen LogP contribution in [0.2, 0.25) is 0 Å². The summed E-state index contributed by atoms with van der Waals surface area (Å²) in [6.07, 6.45) is 0.522. The van der Waals surface area contributed by atoms with Gasteiger partial charge in [0.05, 0.1) is 5.71 Å².